The molecule has 0 aliphatic carbocycles. The largest absolute Gasteiger partial charge is 0.494 e. The highest BCUT2D eigenvalue weighted by atomic mass is 19.1. The van der Waals surface area contributed by atoms with Crippen molar-refractivity contribution in [1.82, 2.24) is 0 Å². The van der Waals surface area contributed by atoms with Crippen molar-refractivity contribution in [3.05, 3.63) is 29.6 Å². The average Bonchev–Trinajstić information content (AvgIpc) is 2.30. The van der Waals surface area contributed by atoms with Crippen LogP contribution in [-0.4, -0.2) is 12.9 Å². The summed E-state index contributed by atoms with van der Waals surface area (Å²) in [5, 5.41) is 8.99. The van der Waals surface area contributed by atoms with Gasteiger partial charge in [0, 0.05) is 5.92 Å². The van der Waals surface area contributed by atoms with Gasteiger partial charge in [0.05, 0.1) is 13.2 Å². The Bertz CT molecular complexity index is 463. The van der Waals surface area contributed by atoms with Crippen molar-refractivity contribution in [3.8, 4) is 11.8 Å². The van der Waals surface area contributed by atoms with Crippen molar-refractivity contribution < 1.29 is 13.9 Å². The van der Waals surface area contributed by atoms with Crippen LogP contribution >= 0.6 is 0 Å². The Labute approximate surface area is 99.8 Å². The molecule has 0 amide bonds. The SMILES string of the molecule is COc1ccc(C(C#N)C(=O)C(C)C)cc1F. The zero-order valence-corrected chi connectivity index (χ0v) is 10.0. The lowest BCUT2D eigenvalue weighted by molar-refractivity contribution is -0.122. The number of methoxy groups -OCH3 is 1. The van der Waals surface area contributed by atoms with E-state index in [2.05, 4.69) is 0 Å². The third kappa shape index (κ3) is 2.82. The van der Waals surface area contributed by atoms with E-state index in [0.717, 1.165) is 0 Å². The Morgan fingerprint density at radius 1 is 1.47 bits per heavy atom. The van der Waals surface area contributed by atoms with E-state index in [-0.39, 0.29) is 17.5 Å². The number of Topliss-reactive ketones (excluding diaryl/α,β-unsaturated/α-hetero) is 1. The minimum absolute atomic E-state index is 0.0995. The lowest BCUT2D eigenvalue weighted by Gasteiger charge is -2.12. The summed E-state index contributed by atoms with van der Waals surface area (Å²) in [5.41, 5.74) is 0.365. The van der Waals surface area contributed by atoms with Gasteiger partial charge in [-0.15, -0.1) is 0 Å². The van der Waals surface area contributed by atoms with Crippen molar-refractivity contribution in [2.75, 3.05) is 7.11 Å². The summed E-state index contributed by atoms with van der Waals surface area (Å²) in [4.78, 5) is 11.8. The fourth-order valence-electron chi connectivity index (χ4n) is 1.50. The third-order valence-corrected chi connectivity index (χ3v) is 2.49. The molecule has 3 nitrogen and oxygen atoms in total. The van der Waals surface area contributed by atoms with E-state index < -0.39 is 11.7 Å². The van der Waals surface area contributed by atoms with E-state index in [4.69, 9.17) is 10.00 Å². The Morgan fingerprint density at radius 2 is 2.12 bits per heavy atom. The average molecular weight is 235 g/mol. The number of halogens is 1. The first-order chi connectivity index (χ1) is 8.01. The summed E-state index contributed by atoms with van der Waals surface area (Å²) in [7, 11) is 1.36. The molecule has 0 saturated carbocycles. The molecule has 0 aliphatic heterocycles. The maximum absolute atomic E-state index is 13.5. The summed E-state index contributed by atoms with van der Waals surface area (Å²) in [6.45, 7) is 3.43. The van der Waals surface area contributed by atoms with Crippen molar-refractivity contribution in [1.29, 1.82) is 5.26 Å². The predicted octanol–water partition coefficient (Wildman–Crippen LogP) is 2.67. The molecule has 0 saturated heterocycles. The summed E-state index contributed by atoms with van der Waals surface area (Å²) in [6, 6.07) is 6.04. The van der Waals surface area contributed by atoms with Crippen molar-refractivity contribution in [2.24, 2.45) is 5.92 Å². The van der Waals surface area contributed by atoms with Crippen LogP contribution in [0.15, 0.2) is 18.2 Å². The topological polar surface area (TPSA) is 50.1 Å². The first-order valence-corrected chi connectivity index (χ1v) is 5.28. The Hall–Kier alpha value is -1.89. The highest BCUT2D eigenvalue weighted by molar-refractivity contribution is 5.89. The fraction of sp³-hybridized carbons (Fsp3) is 0.385. The first kappa shape index (κ1) is 13.2. The molecule has 0 aliphatic rings. The Morgan fingerprint density at radius 3 is 2.53 bits per heavy atom. The van der Waals surface area contributed by atoms with Gasteiger partial charge in [-0.25, -0.2) is 4.39 Å². The number of nitriles is 1. The van der Waals surface area contributed by atoms with Gasteiger partial charge in [-0.2, -0.15) is 5.26 Å². The van der Waals surface area contributed by atoms with Gasteiger partial charge in [0.25, 0.3) is 0 Å². The van der Waals surface area contributed by atoms with E-state index >= 15 is 0 Å². The Balaban J connectivity index is 3.11. The summed E-state index contributed by atoms with van der Waals surface area (Å²) in [6.07, 6.45) is 0. The quantitative estimate of drug-likeness (QED) is 0.806. The van der Waals surface area contributed by atoms with E-state index in [1.54, 1.807) is 13.8 Å². The number of hydrogen-bond donors (Lipinski definition) is 0. The molecule has 90 valence electrons. The van der Waals surface area contributed by atoms with Gasteiger partial charge in [-0.05, 0) is 17.7 Å². The van der Waals surface area contributed by atoms with Gasteiger partial charge in [-0.3, -0.25) is 4.79 Å². The van der Waals surface area contributed by atoms with E-state index in [9.17, 15) is 9.18 Å². The molecular formula is C13H14FNO2. The summed E-state index contributed by atoms with van der Waals surface area (Å²) >= 11 is 0. The van der Waals surface area contributed by atoms with Crippen LogP contribution in [-0.2, 0) is 4.79 Å². The minimum atomic E-state index is -0.921. The van der Waals surface area contributed by atoms with Gasteiger partial charge in [0.1, 0.15) is 5.92 Å². The molecule has 0 bridgehead atoms. The fourth-order valence-corrected chi connectivity index (χ4v) is 1.50. The molecule has 0 heterocycles. The normalized spacial score (nSPS) is 12.0. The molecule has 17 heavy (non-hydrogen) atoms. The molecule has 1 atom stereocenters. The van der Waals surface area contributed by atoms with E-state index in [1.807, 2.05) is 6.07 Å². The second-order valence-electron chi connectivity index (χ2n) is 4.01. The number of rotatable bonds is 4. The second kappa shape index (κ2) is 5.44. The van der Waals surface area contributed by atoms with Crippen LogP contribution in [0.2, 0.25) is 0 Å². The van der Waals surface area contributed by atoms with Gasteiger partial charge in [0.2, 0.25) is 0 Å². The van der Waals surface area contributed by atoms with Crippen LogP contribution in [0.3, 0.4) is 0 Å². The van der Waals surface area contributed by atoms with Gasteiger partial charge >= 0.3 is 0 Å². The number of hydrogen-bond acceptors (Lipinski definition) is 3. The number of ketones is 1. The second-order valence-corrected chi connectivity index (χ2v) is 4.01. The molecule has 0 fully saturated rings. The van der Waals surface area contributed by atoms with Gasteiger partial charge in [-0.1, -0.05) is 19.9 Å². The summed E-state index contributed by atoms with van der Waals surface area (Å²) < 4.78 is 18.2. The number of benzene rings is 1. The van der Waals surface area contributed by atoms with Crippen molar-refractivity contribution in [2.45, 2.75) is 19.8 Å². The molecule has 1 aromatic rings. The monoisotopic (exact) mass is 235 g/mol. The lowest BCUT2D eigenvalue weighted by atomic mass is 9.90. The zero-order chi connectivity index (χ0) is 13.0. The van der Waals surface area contributed by atoms with E-state index in [1.165, 1.54) is 25.3 Å². The maximum atomic E-state index is 13.5. The molecule has 0 radical (unpaired) electrons. The number of carbonyl (C=O) groups excluding carboxylic acids is 1. The Kier molecular flexibility index (Phi) is 4.22. The highest BCUT2D eigenvalue weighted by Crippen LogP contribution is 2.25. The minimum Gasteiger partial charge on any atom is -0.494 e. The van der Waals surface area contributed by atoms with Crippen molar-refractivity contribution >= 4 is 5.78 Å². The molecule has 1 aromatic carbocycles. The summed E-state index contributed by atoms with van der Waals surface area (Å²) in [5.74, 6) is -1.86. The smallest absolute Gasteiger partial charge is 0.165 e. The van der Waals surface area contributed by atoms with Crippen LogP contribution in [0.4, 0.5) is 4.39 Å². The van der Waals surface area contributed by atoms with Crippen LogP contribution in [0.1, 0.15) is 25.3 Å². The van der Waals surface area contributed by atoms with Crippen molar-refractivity contribution in [3.63, 3.8) is 0 Å². The number of ether oxygens (including phenoxy) is 1. The van der Waals surface area contributed by atoms with Crippen LogP contribution < -0.4 is 4.74 Å². The predicted molar refractivity (Wildman–Crippen MR) is 61.2 cm³/mol. The third-order valence-electron chi connectivity index (χ3n) is 2.49. The highest BCUT2D eigenvalue weighted by Gasteiger charge is 2.23. The molecular weight excluding hydrogens is 221 g/mol. The molecule has 1 rings (SSSR count). The van der Waals surface area contributed by atoms with Crippen LogP contribution in [0.5, 0.6) is 5.75 Å². The standard InChI is InChI=1S/C13H14FNO2/c1-8(2)13(16)10(7-15)9-4-5-12(17-3)11(14)6-9/h4-6,8,10H,1-3H3. The number of carbonyl (C=O) groups is 1. The van der Waals surface area contributed by atoms with Crippen LogP contribution in [0, 0.1) is 23.1 Å². The number of nitrogens with zero attached hydrogens (tertiary/aromatic N) is 1. The van der Waals surface area contributed by atoms with Crippen LogP contribution in [0.25, 0.3) is 0 Å². The molecule has 0 aromatic heterocycles. The van der Waals surface area contributed by atoms with Gasteiger partial charge in [0.15, 0.2) is 17.3 Å². The lowest BCUT2D eigenvalue weighted by Crippen LogP contribution is -2.16. The first-order valence-electron chi connectivity index (χ1n) is 5.28. The van der Waals surface area contributed by atoms with Gasteiger partial charge < -0.3 is 4.74 Å². The molecule has 0 spiro atoms. The molecule has 1 unspecified atom stereocenters. The maximum Gasteiger partial charge on any atom is 0.165 e. The molecule has 0 N–H and O–H groups in total. The zero-order valence-electron chi connectivity index (χ0n) is 10.0. The molecule has 4 heteroatoms. The van der Waals surface area contributed by atoms with E-state index in [0.29, 0.717) is 5.56 Å².